The van der Waals surface area contributed by atoms with Crippen LogP contribution in [0.3, 0.4) is 0 Å². The van der Waals surface area contributed by atoms with E-state index in [1.165, 1.54) is 6.20 Å². The number of anilines is 1. The van der Waals surface area contributed by atoms with Crippen LogP contribution in [0.4, 0.5) is 15.5 Å². The highest BCUT2D eigenvalue weighted by Gasteiger charge is 2.34. The summed E-state index contributed by atoms with van der Waals surface area (Å²) in [4.78, 5) is 34.4. The predicted octanol–water partition coefficient (Wildman–Crippen LogP) is 5.07. The number of fused-ring (bicyclic) bond motifs is 1. The van der Waals surface area contributed by atoms with E-state index >= 15 is 0 Å². The summed E-state index contributed by atoms with van der Waals surface area (Å²) >= 11 is 3.37. The molecule has 7 nitrogen and oxygen atoms in total. The lowest BCUT2D eigenvalue weighted by Crippen LogP contribution is -2.44. The first kappa shape index (κ1) is 20.1. The van der Waals surface area contributed by atoms with E-state index in [0.29, 0.717) is 10.4 Å². The number of imide groups is 1. The van der Waals surface area contributed by atoms with Crippen LogP contribution < -0.4 is 4.90 Å². The molecule has 2 aromatic rings. The molecule has 1 aromatic carbocycles. The zero-order valence-electron chi connectivity index (χ0n) is 15.7. The minimum absolute atomic E-state index is 0.112. The van der Waals surface area contributed by atoms with Crippen molar-refractivity contribution >= 4 is 45.0 Å². The number of benzene rings is 1. The van der Waals surface area contributed by atoms with Gasteiger partial charge in [0.25, 0.3) is 0 Å². The van der Waals surface area contributed by atoms with Gasteiger partial charge in [0.15, 0.2) is 0 Å². The van der Waals surface area contributed by atoms with Crippen LogP contribution in [-0.2, 0) is 9.47 Å². The molecule has 0 aliphatic rings. The number of carbonyl (C=O) groups is 2. The molecule has 0 spiro atoms. The second kappa shape index (κ2) is 7.19. The average molecular weight is 424 g/mol. The van der Waals surface area contributed by atoms with E-state index in [9.17, 15) is 9.59 Å². The maximum atomic E-state index is 12.6. The number of rotatable bonds is 1. The molecule has 0 atom stereocenters. The highest BCUT2D eigenvalue weighted by Crippen LogP contribution is 2.23. The minimum Gasteiger partial charge on any atom is -0.443 e. The molecule has 2 amide bonds. The molecule has 1 heterocycles. The van der Waals surface area contributed by atoms with Gasteiger partial charge in [-0.25, -0.2) is 19.6 Å². The largest absolute Gasteiger partial charge is 0.443 e. The van der Waals surface area contributed by atoms with E-state index in [1.807, 2.05) is 12.1 Å². The predicted molar refractivity (Wildman–Crippen MR) is 102 cm³/mol. The molecule has 0 bridgehead atoms. The second-order valence-electron chi connectivity index (χ2n) is 7.67. The Morgan fingerprint density at radius 3 is 2.04 bits per heavy atom. The van der Waals surface area contributed by atoms with Crippen LogP contribution in [0.2, 0.25) is 0 Å². The van der Waals surface area contributed by atoms with Crippen LogP contribution in [0.25, 0.3) is 10.9 Å². The monoisotopic (exact) mass is 423 g/mol. The Hall–Kier alpha value is -2.22. The molecule has 26 heavy (non-hydrogen) atoms. The minimum atomic E-state index is -0.902. The zero-order chi connectivity index (χ0) is 19.7. The van der Waals surface area contributed by atoms with E-state index in [4.69, 9.17) is 9.47 Å². The van der Waals surface area contributed by atoms with Crippen LogP contribution in [0.15, 0.2) is 28.9 Å². The van der Waals surface area contributed by atoms with Crippen LogP contribution in [0.1, 0.15) is 41.5 Å². The second-order valence-corrected chi connectivity index (χ2v) is 8.58. The number of amides is 2. The molecule has 0 fully saturated rings. The molecule has 0 aliphatic heterocycles. The maximum absolute atomic E-state index is 12.6. The quantitative estimate of drug-likeness (QED) is 0.636. The topological polar surface area (TPSA) is 81.6 Å². The summed E-state index contributed by atoms with van der Waals surface area (Å²) in [7, 11) is 0. The summed E-state index contributed by atoms with van der Waals surface area (Å²) in [5.41, 5.74) is -1.02. The molecule has 0 saturated carbocycles. The average Bonchev–Trinajstić information content (AvgIpc) is 2.42. The number of aromatic nitrogens is 2. The number of hydrogen-bond acceptors (Lipinski definition) is 6. The Balaban J connectivity index is 2.48. The van der Waals surface area contributed by atoms with Gasteiger partial charge in [-0.3, -0.25) is 0 Å². The first-order valence-corrected chi connectivity index (χ1v) is 8.83. The lowest BCUT2D eigenvalue weighted by molar-refractivity contribution is 0.0427. The molecule has 0 unspecified atom stereocenters. The van der Waals surface area contributed by atoms with Crippen LogP contribution in [0, 0.1) is 0 Å². The molecule has 1 aromatic heterocycles. The van der Waals surface area contributed by atoms with Crippen molar-refractivity contribution < 1.29 is 19.1 Å². The lowest BCUT2D eigenvalue weighted by Gasteiger charge is -2.27. The van der Waals surface area contributed by atoms with Crippen LogP contribution >= 0.6 is 15.9 Å². The maximum Gasteiger partial charge on any atom is 0.427 e. The molecular weight excluding hydrogens is 402 g/mol. The summed E-state index contributed by atoms with van der Waals surface area (Å²) in [5, 5.41) is 0.769. The van der Waals surface area contributed by atoms with Crippen LogP contribution in [-0.4, -0.2) is 33.4 Å². The third kappa shape index (κ3) is 5.39. The molecule has 0 saturated heterocycles. The number of halogens is 1. The van der Waals surface area contributed by atoms with E-state index < -0.39 is 23.4 Å². The first-order valence-electron chi connectivity index (χ1n) is 8.04. The highest BCUT2D eigenvalue weighted by atomic mass is 79.9. The summed E-state index contributed by atoms with van der Waals surface area (Å²) in [6.07, 6.45) is -0.270. The molecular formula is C18H22BrN3O4. The van der Waals surface area contributed by atoms with Gasteiger partial charge in [0.2, 0.25) is 5.95 Å². The van der Waals surface area contributed by atoms with Crippen molar-refractivity contribution in [2.75, 3.05) is 4.90 Å². The summed E-state index contributed by atoms with van der Waals surface area (Å²) in [6, 6.07) is 5.45. The first-order chi connectivity index (χ1) is 11.9. The smallest absolute Gasteiger partial charge is 0.427 e. The zero-order valence-corrected chi connectivity index (χ0v) is 17.2. The van der Waals surface area contributed by atoms with Crippen molar-refractivity contribution in [3.8, 4) is 0 Å². The van der Waals surface area contributed by atoms with Crippen molar-refractivity contribution in [2.24, 2.45) is 0 Å². The van der Waals surface area contributed by atoms with E-state index in [1.54, 1.807) is 47.6 Å². The van der Waals surface area contributed by atoms with Crippen molar-refractivity contribution in [3.05, 3.63) is 28.9 Å². The third-order valence-corrected chi connectivity index (χ3v) is 3.38. The Morgan fingerprint density at radius 2 is 1.54 bits per heavy atom. The lowest BCUT2D eigenvalue weighted by atomic mass is 10.2. The van der Waals surface area contributed by atoms with Gasteiger partial charge in [0.05, 0.1) is 5.52 Å². The Bertz CT molecular complexity index is 812. The fourth-order valence-electron chi connectivity index (χ4n) is 1.95. The number of carbonyl (C=O) groups excluding carboxylic acids is 2. The van der Waals surface area contributed by atoms with E-state index in [2.05, 4.69) is 25.9 Å². The van der Waals surface area contributed by atoms with E-state index in [-0.39, 0.29) is 5.95 Å². The van der Waals surface area contributed by atoms with Gasteiger partial charge < -0.3 is 9.47 Å². The summed E-state index contributed by atoms with van der Waals surface area (Å²) in [6.45, 7) is 10.2. The van der Waals surface area contributed by atoms with Crippen molar-refractivity contribution in [2.45, 2.75) is 52.7 Å². The highest BCUT2D eigenvalue weighted by molar-refractivity contribution is 9.10. The molecule has 0 radical (unpaired) electrons. The normalized spacial score (nSPS) is 12.0. The van der Waals surface area contributed by atoms with Gasteiger partial charge in [-0.1, -0.05) is 22.0 Å². The molecule has 140 valence electrons. The standard InChI is InChI=1S/C18H22BrN3O4/c1-17(2,3)25-15(23)22(16(24)26-18(4,5)6)14-20-10-11-7-8-12(19)9-13(11)21-14/h7-10H,1-6H3. The van der Waals surface area contributed by atoms with Gasteiger partial charge in [0, 0.05) is 16.1 Å². The molecule has 0 aliphatic carbocycles. The third-order valence-electron chi connectivity index (χ3n) is 2.88. The fourth-order valence-corrected chi connectivity index (χ4v) is 2.30. The van der Waals surface area contributed by atoms with E-state index in [0.717, 1.165) is 9.86 Å². The van der Waals surface area contributed by atoms with Gasteiger partial charge in [0.1, 0.15) is 11.2 Å². The number of ether oxygens (including phenoxy) is 2. The Kier molecular flexibility index (Phi) is 5.55. The molecule has 0 N–H and O–H groups in total. The Labute approximate surface area is 160 Å². The van der Waals surface area contributed by atoms with Crippen molar-refractivity contribution in [1.29, 1.82) is 0 Å². The van der Waals surface area contributed by atoms with Gasteiger partial charge in [-0.2, -0.15) is 0 Å². The molecule has 8 heteroatoms. The molecule has 2 rings (SSSR count). The van der Waals surface area contributed by atoms with Gasteiger partial charge in [-0.15, -0.1) is 4.90 Å². The Morgan fingerprint density at radius 1 is 1.00 bits per heavy atom. The van der Waals surface area contributed by atoms with Gasteiger partial charge in [-0.05, 0) is 53.7 Å². The number of nitrogens with zero attached hydrogens (tertiary/aromatic N) is 3. The number of hydrogen-bond donors (Lipinski definition) is 0. The summed E-state index contributed by atoms with van der Waals surface area (Å²) in [5.74, 6) is -0.112. The summed E-state index contributed by atoms with van der Waals surface area (Å²) < 4.78 is 11.5. The van der Waals surface area contributed by atoms with Crippen molar-refractivity contribution in [3.63, 3.8) is 0 Å². The van der Waals surface area contributed by atoms with Crippen LogP contribution in [0.5, 0.6) is 0 Å². The van der Waals surface area contributed by atoms with Gasteiger partial charge >= 0.3 is 12.2 Å². The van der Waals surface area contributed by atoms with Crippen molar-refractivity contribution in [1.82, 2.24) is 9.97 Å². The fraction of sp³-hybridized carbons (Fsp3) is 0.444. The SMILES string of the molecule is CC(C)(C)OC(=O)N(C(=O)OC(C)(C)C)c1ncc2ccc(Br)cc2n1.